The van der Waals surface area contributed by atoms with Crippen molar-refractivity contribution in [1.29, 1.82) is 0 Å². The van der Waals surface area contributed by atoms with Crippen LogP contribution in [-0.2, 0) is 0 Å². The van der Waals surface area contributed by atoms with Gasteiger partial charge in [-0.25, -0.2) is 5.06 Å². The van der Waals surface area contributed by atoms with Crippen LogP contribution in [0.15, 0.2) is 50.3 Å². The van der Waals surface area contributed by atoms with Gasteiger partial charge in [-0.05, 0) is 41.1 Å². The summed E-state index contributed by atoms with van der Waals surface area (Å²) in [6.45, 7) is 1.82. The molecular formula is C15H12Br2N2O2. The van der Waals surface area contributed by atoms with Gasteiger partial charge in [0.1, 0.15) is 5.75 Å². The summed E-state index contributed by atoms with van der Waals surface area (Å²) in [5.41, 5.74) is 1.22. The minimum atomic E-state index is -0.686. The smallest absolute Gasteiger partial charge is 0.175 e. The Labute approximate surface area is 138 Å². The van der Waals surface area contributed by atoms with Crippen molar-refractivity contribution in [2.75, 3.05) is 0 Å². The highest BCUT2D eigenvalue weighted by Gasteiger charge is 2.26. The number of halogens is 2. The van der Waals surface area contributed by atoms with Gasteiger partial charge < -0.3 is 5.11 Å². The number of phenols is 1. The van der Waals surface area contributed by atoms with Gasteiger partial charge in [-0.2, -0.15) is 0 Å². The van der Waals surface area contributed by atoms with E-state index >= 15 is 0 Å². The van der Waals surface area contributed by atoms with Gasteiger partial charge in [0.2, 0.25) is 0 Å². The van der Waals surface area contributed by atoms with Gasteiger partial charge in [0, 0.05) is 15.3 Å². The first-order valence-electron chi connectivity index (χ1n) is 6.29. The number of para-hydroxylation sites is 1. The molecule has 2 aromatic rings. The standard InChI is InChI=1S/C15H12Br2N2O2/c1-8-10-4-2-3-5-13(10)18-15(19(8)21)11-6-9(16)7-12(17)14(11)20/h2-7,15,20-21H,1H3. The minimum absolute atomic E-state index is 0.0678. The minimum Gasteiger partial charge on any atom is -0.506 e. The fourth-order valence-corrected chi connectivity index (χ4v) is 3.63. The summed E-state index contributed by atoms with van der Waals surface area (Å²) in [4.78, 5) is 4.54. The maximum atomic E-state index is 10.4. The summed E-state index contributed by atoms with van der Waals surface area (Å²) in [6, 6.07) is 11.1. The van der Waals surface area contributed by atoms with E-state index in [1.54, 1.807) is 12.1 Å². The van der Waals surface area contributed by atoms with Crippen molar-refractivity contribution in [3.8, 4) is 5.75 Å². The van der Waals surface area contributed by atoms with Gasteiger partial charge in [-0.15, -0.1) is 0 Å². The lowest BCUT2D eigenvalue weighted by atomic mass is 10.1. The van der Waals surface area contributed by atoms with E-state index in [0.717, 1.165) is 20.1 Å². The third kappa shape index (κ3) is 2.47. The van der Waals surface area contributed by atoms with Gasteiger partial charge in [-0.3, -0.25) is 10.2 Å². The Morgan fingerprint density at radius 1 is 1.19 bits per heavy atom. The van der Waals surface area contributed by atoms with Crippen molar-refractivity contribution in [2.24, 2.45) is 4.99 Å². The zero-order valence-electron chi connectivity index (χ0n) is 11.1. The van der Waals surface area contributed by atoms with Crippen LogP contribution in [0.2, 0.25) is 0 Å². The number of hydrogen-bond donors (Lipinski definition) is 2. The predicted octanol–water partition coefficient (Wildman–Crippen LogP) is 3.07. The van der Waals surface area contributed by atoms with E-state index in [2.05, 4.69) is 36.9 Å². The molecule has 0 radical (unpaired) electrons. The van der Waals surface area contributed by atoms with Crippen LogP contribution in [0.4, 0.5) is 0 Å². The zero-order valence-corrected chi connectivity index (χ0v) is 14.3. The highest BCUT2D eigenvalue weighted by atomic mass is 79.9. The first kappa shape index (κ1) is 14.6. The van der Waals surface area contributed by atoms with Crippen LogP contribution in [-0.4, -0.2) is 15.4 Å². The molecule has 0 aliphatic carbocycles. The number of nitrogens with zero attached hydrogens (tertiary/aromatic N) is 2. The van der Waals surface area contributed by atoms with Crippen molar-refractivity contribution in [3.05, 3.63) is 61.5 Å². The second-order valence-electron chi connectivity index (χ2n) is 4.78. The largest absolute Gasteiger partial charge is 0.506 e. The maximum Gasteiger partial charge on any atom is 0.175 e. The van der Waals surface area contributed by atoms with Crippen LogP contribution in [0.1, 0.15) is 18.7 Å². The molecule has 0 saturated heterocycles. The Morgan fingerprint density at radius 2 is 1.90 bits per heavy atom. The molecule has 2 aromatic carbocycles. The summed E-state index contributed by atoms with van der Waals surface area (Å²) in [6.07, 6.45) is -0.686. The molecule has 0 bridgehead atoms. The molecule has 6 heteroatoms. The molecule has 0 amide bonds. The van der Waals surface area contributed by atoms with Crippen LogP contribution in [0.25, 0.3) is 5.70 Å². The molecule has 108 valence electrons. The van der Waals surface area contributed by atoms with Crippen LogP contribution in [0.5, 0.6) is 5.75 Å². The van der Waals surface area contributed by atoms with E-state index in [1.807, 2.05) is 31.2 Å². The summed E-state index contributed by atoms with van der Waals surface area (Å²) in [5.74, 6) is 0.0678. The topological polar surface area (TPSA) is 56.1 Å². The lowest BCUT2D eigenvalue weighted by molar-refractivity contribution is -0.0712. The van der Waals surface area contributed by atoms with Crippen molar-refractivity contribution in [1.82, 2.24) is 5.06 Å². The highest BCUT2D eigenvalue weighted by molar-refractivity contribution is 9.11. The number of aromatic hydroxyl groups is 1. The number of hydroxylamine groups is 2. The monoisotopic (exact) mass is 410 g/mol. The summed E-state index contributed by atoms with van der Waals surface area (Å²) in [7, 11) is 0. The number of rotatable bonds is 1. The van der Waals surface area contributed by atoms with Gasteiger partial charge in [0.05, 0.1) is 15.5 Å². The van der Waals surface area contributed by atoms with Crippen LogP contribution >= 0.6 is 31.9 Å². The van der Waals surface area contributed by atoms with Crippen molar-refractivity contribution >= 4 is 37.6 Å². The van der Waals surface area contributed by atoms with E-state index in [-0.39, 0.29) is 5.75 Å². The molecule has 0 spiro atoms. The Balaban J connectivity index is 2.25. The quantitative estimate of drug-likeness (QED) is 0.758. The molecule has 0 saturated carbocycles. The Morgan fingerprint density at radius 3 is 2.67 bits per heavy atom. The Kier molecular flexibility index (Phi) is 3.77. The SMILES string of the molecule is CC1=c2ccccc2=NC(c2cc(Br)cc(Br)c2O)N1O. The molecular weight excluding hydrogens is 400 g/mol. The maximum absolute atomic E-state index is 10.4. The van der Waals surface area contributed by atoms with Crippen LogP contribution < -0.4 is 10.6 Å². The Bertz CT molecular complexity index is 836. The molecule has 0 fully saturated rings. The summed E-state index contributed by atoms with van der Waals surface area (Å²) < 4.78 is 1.34. The van der Waals surface area contributed by atoms with E-state index in [4.69, 9.17) is 0 Å². The highest BCUT2D eigenvalue weighted by Crippen LogP contribution is 2.38. The number of phenolic OH excluding ortho intramolecular Hbond substituents is 1. The van der Waals surface area contributed by atoms with E-state index < -0.39 is 6.17 Å². The van der Waals surface area contributed by atoms with E-state index in [9.17, 15) is 10.3 Å². The average Bonchev–Trinajstić information content (AvgIpc) is 2.47. The molecule has 4 nitrogen and oxygen atoms in total. The van der Waals surface area contributed by atoms with Crippen molar-refractivity contribution < 1.29 is 10.3 Å². The second-order valence-corrected chi connectivity index (χ2v) is 6.55. The fraction of sp³-hybridized carbons (Fsp3) is 0.133. The number of hydrogen-bond acceptors (Lipinski definition) is 4. The van der Waals surface area contributed by atoms with Crippen molar-refractivity contribution in [2.45, 2.75) is 13.1 Å². The van der Waals surface area contributed by atoms with Gasteiger partial charge in [0.15, 0.2) is 6.17 Å². The molecule has 1 heterocycles. The van der Waals surface area contributed by atoms with Crippen molar-refractivity contribution in [3.63, 3.8) is 0 Å². The number of fused-ring (bicyclic) bond motifs is 1. The molecule has 21 heavy (non-hydrogen) atoms. The summed E-state index contributed by atoms with van der Waals surface area (Å²) >= 11 is 6.69. The first-order chi connectivity index (χ1) is 9.99. The molecule has 1 unspecified atom stereocenters. The third-order valence-electron chi connectivity index (χ3n) is 3.47. The average molecular weight is 412 g/mol. The van der Waals surface area contributed by atoms with E-state index in [0.29, 0.717) is 15.7 Å². The number of benzene rings is 2. The molecule has 1 aliphatic heterocycles. The molecule has 1 aliphatic rings. The van der Waals surface area contributed by atoms with Gasteiger partial charge >= 0.3 is 0 Å². The lowest BCUT2D eigenvalue weighted by Crippen LogP contribution is -2.39. The van der Waals surface area contributed by atoms with Gasteiger partial charge in [-0.1, -0.05) is 34.1 Å². The van der Waals surface area contributed by atoms with Crippen LogP contribution in [0.3, 0.4) is 0 Å². The lowest BCUT2D eigenvalue weighted by Gasteiger charge is -2.29. The zero-order chi connectivity index (χ0) is 15.1. The first-order valence-corrected chi connectivity index (χ1v) is 7.87. The predicted molar refractivity (Wildman–Crippen MR) is 86.2 cm³/mol. The molecule has 1 atom stereocenters. The molecule has 3 rings (SSSR count). The molecule has 0 aromatic heterocycles. The molecule has 2 N–H and O–H groups in total. The third-order valence-corrected chi connectivity index (χ3v) is 4.53. The van der Waals surface area contributed by atoms with Crippen LogP contribution in [0, 0.1) is 0 Å². The van der Waals surface area contributed by atoms with E-state index in [1.165, 1.54) is 0 Å². The Hall–Kier alpha value is -1.37. The van der Waals surface area contributed by atoms with Gasteiger partial charge in [0.25, 0.3) is 0 Å². The summed E-state index contributed by atoms with van der Waals surface area (Å²) in [5, 5.41) is 23.4. The normalized spacial score (nSPS) is 17.4. The second kappa shape index (κ2) is 5.44. The fourth-order valence-electron chi connectivity index (χ4n) is 2.37.